The van der Waals surface area contributed by atoms with Crippen LogP contribution in [-0.4, -0.2) is 30.0 Å². The maximum absolute atomic E-state index is 13.7. The zero-order valence-electron chi connectivity index (χ0n) is 14.7. The van der Waals surface area contributed by atoms with Gasteiger partial charge in [-0.1, -0.05) is 27.7 Å². The largest absolute Gasteiger partial charge is 0.496 e. The summed E-state index contributed by atoms with van der Waals surface area (Å²) in [5.41, 5.74) is -3.19. The fourth-order valence-electron chi connectivity index (χ4n) is 2.95. The number of rotatable bonds is 3. The fourth-order valence-corrected chi connectivity index (χ4v) is 2.95. The first-order valence-corrected chi connectivity index (χ1v) is 7.81. The Hall–Kier alpha value is -2.18. The number of ether oxygens (including phenoxy) is 2. The second kappa shape index (κ2) is 5.97. The first kappa shape index (κ1) is 19.1. The average molecular weight is 358 g/mol. The summed E-state index contributed by atoms with van der Waals surface area (Å²) in [5, 5.41) is 9.32. The third kappa shape index (κ3) is 3.07. The number of methoxy groups -OCH3 is 1. The summed E-state index contributed by atoms with van der Waals surface area (Å²) in [6, 6.07) is 3.01. The molecule has 0 aliphatic carbocycles. The van der Waals surface area contributed by atoms with Gasteiger partial charge in [0.05, 0.1) is 12.7 Å². The molecule has 0 saturated carbocycles. The molecule has 1 aromatic rings. The average Bonchev–Trinajstić information content (AvgIpc) is 2.49. The Morgan fingerprint density at radius 3 is 2.28 bits per heavy atom. The summed E-state index contributed by atoms with van der Waals surface area (Å²) in [7, 11) is 1.45. The van der Waals surface area contributed by atoms with Crippen LogP contribution in [0.3, 0.4) is 0 Å². The minimum Gasteiger partial charge on any atom is -0.496 e. The van der Waals surface area contributed by atoms with Crippen molar-refractivity contribution in [3.63, 3.8) is 0 Å². The number of fused-ring (bicyclic) bond motifs is 1. The Kier molecular flexibility index (Phi) is 4.57. The van der Waals surface area contributed by atoms with Crippen molar-refractivity contribution in [3.05, 3.63) is 28.8 Å². The van der Waals surface area contributed by atoms with Crippen LogP contribution >= 0.6 is 0 Å². The van der Waals surface area contributed by atoms with E-state index in [4.69, 9.17) is 9.47 Å². The van der Waals surface area contributed by atoms with Crippen LogP contribution in [0.2, 0.25) is 0 Å². The zero-order valence-corrected chi connectivity index (χ0v) is 14.7. The Balaban J connectivity index is 2.77. The van der Waals surface area contributed by atoms with E-state index in [0.29, 0.717) is 11.3 Å². The molecule has 1 N–H and O–H groups in total. The minimum atomic E-state index is -4.87. The summed E-state index contributed by atoms with van der Waals surface area (Å²) in [4.78, 5) is 11.5. The lowest BCUT2D eigenvalue weighted by molar-refractivity contribution is -0.236. The van der Waals surface area contributed by atoms with Crippen LogP contribution in [0.25, 0.3) is 6.08 Å². The van der Waals surface area contributed by atoms with Gasteiger partial charge in [-0.05, 0) is 30.0 Å². The first-order chi connectivity index (χ1) is 11.4. The van der Waals surface area contributed by atoms with Gasteiger partial charge in [-0.25, -0.2) is 4.79 Å². The highest BCUT2D eigenvalue weighted by atomic mass is 19.4. The van der Waals surface area contributed by atoms with E-state index in [9.17, 15) is 23.1 Å². The normalized spacial score (nSPS) is 20.4. The molecule has 0 bridgehead atoms. The summed E-state index contributed by atoms with van der Waals surface area (Å²) in [6.45, 7) is 6.95. The first-order valence-electron chi connectivity index (χ1n) is 7.81. The third-order valence-corrected chi connectivity index (χ3v) is 4.35. The molecule has 1 heterocycles. The molecule has 2 rings (SSSR count). The van der Waals surface area contributed by atoms with Crippen molar-refractivity contribution in [2.24, 2.45) is 0 Å². The third-order valence-electron chi connectivity index (χ3n) is 4.35. The summed E-state index contributed by atoms with van der Waals surface area (Å²) < 4.78 is 51.8. The number of carboxylic acid groups (broad SMARTS) is 1. The van der Waals surface area contributed by atoms with Gasteiger partial charge in [0.25, 0.3) is 0 Å². The van der Waals surface area contributed by atoms with Crippen LogP contribution in [0.5, 0.6) is 11.5 Å². The number of carboxylic acids is 1. The molecule has 1 aromatic carbocycles. The van der Waals surface area contributed by atoms with Gasteiger partial charge in [-0.3, -0.25) is 0 Å². The summed E-state index contributed by atoms with van der Waals surface area (Å²) in [5.74, 6) is -1.20. The van der Waals surface area contributed by atoms with E-state index in [1.54, 1.807) is 0 Å². The van der Waals surface area contributed by atoms with Crippen molar-refractivity contribution in [3.8, 4) is 11.5 Å². The summed E-state index contributed by atoms with van der Waals surface area (Å²) in [6.07, 6.45) is -4.40. The second-order valence-corrected chi connectivity index (χ2v) is 6.98. The van der Waals surface area contributed by atoms with Crippen molar-refractivity contribution in [1.82, 2.24) is 0 Å². The molecular weight excluding hydrogens is 337 g/mol. The molecule has 0 fully saturated rings. The minimum absolute atomic E-state index is 0.00472. The molecule has 138 valence electrons. The molecule has 1 atom stereocenters. The lowest BCUT2D eigenvalue weighted by atomic mass is 9.82. The molecule has 0 amide bonds. The quantitative estimate of drug-likeness (QED) is 0.860. The molecule has 1 aliphatic heterocycles. The van der Waals surface area contributed by atoms with Crippen LogP contribution in [-0.2, 0) is 10.2 Å². The maximum atomic E-state index is 13.7. The van der Waals surface area contributed by atoms with Gasteiger partial charge in [0.2, 0.25) is 5.60 Å². The molecule has 0 saturated heterocycles. The van der Waals surface area contributed by atoms with Crippen molar-refractivity contribution in [2.75, 3.05) is 7.11 Å². The van der Waals surface area contributed by atoms with E-state index in [1.807, 2.05) is 20.8 Å². The highest BCUT2D eigenvalue weighted by Crippen LogP contribution is 2.49. The monoisotopic (exact) mass is 358 g/mol. The molecule has 4 nitrogen and oxygen atoms in total. The van der Waals surface area contributed by atoms with Crippen molar-refractivity contribution >= 4 is 12.0 Å². The van der Waals surface area contributed by atoms with E-state index in [0.717, 1.165) is 6.08 Å². The van der Waals surface area contributed by atoms with Gasteiger partial charge in [-0.15, -0.1) is 0 Å². The van der Waals surface area contributed by atoms with E-state index in [2.05, 4.69) is 0 Å². The van der Waals surface area contributed by atoms with E-state index in [1.165, 1.54) is 26.2 Å². The lowest BCUT2D eigenvalue weighted by Gasteiger charge is -2.39. The van der Waals surface area contributed by atoms with E-state index in [-0.39, 0.29) is 11.3 Å². The van der Waals surface area contributed by atoms with Crippen LogP contribution < -0.4 is 9.47 Å². The maximum Gasteiger partial charge on any atom is 0.432 e. The predicted molar refractivity (Wildman–Crippen MR) is 87.0 cm³/mol. The number of carbonyl (C=O) groups is 1. The van der Waals surface area contributed by atoms with Gasteiger partial charge in [0.1, 0.15) is 11.5 Å². The number of benzene rings is 1. The van der Waals surface area contributed by atoms with Crippen LogP contribution in [0, 0.1) is 0 Å². The van der Waals surface area contributed by atoms with E-state index >= 15 is 0 Å². The standard InChI is InChI=1S/C18H21F3O4/c1-6-17(18(19,20)21)12(15(22)23)7-10-8-14(24-5)11(16(2,3)4)9-13(10)25-17/h7-9H,6H2,1-5H3,(H,22,23). The number of hydrogen-bond acceptors (Lipinski definition) is 3. The topological polar surface area (TPSA) is 55.8 Å². The lowest BCUT2D eigenvalue weighted by Crippen LogP contribution is -2.54. The molecule has 1 unspecified atom stereocenters. The molecule has 0 spiro atoms. The van der Waals surface area contributed by atoms with Crippen molar-refractivity contribution in [1.29, 1.82) is 0 Å². The molecular formula is C18H21F3O4. The van der Waals surface area contributed by atoms with Gasteiger partial charge in [0.15, 0.2) is 0 Å². The van der Waals surface area contributed by atoms with Crippen molar-refractivity contribution < 1.29 is 32.5 Å². The number of hydrogen-bond donors (Lipinski definition) is 1. The highest BCUT2D eigenvalue weighted by molar-refractivity contribution is 5.96. The van der Waals surface area contributed by atoms with Gasteiger partial charge >= 0.3 is 12.1 Å². The van der Waals surface area contributed by atoms with Crippen LogP contribution in [0.4, 0.5) is 13.2 Å². The van der Waals surface area contributed by atoms with E-state index < -0.39 is 35.2 Å². The van der Waals surface area contributed by atoms with Crippen LogP contribution in [0.1, 0.15) is 45.2 Å². The molecule has 7 heteroatoms. The predicted octanol–water partition coefficient (Wildman–Crippen LogP) is 4.56. The Morgan fingerprint density at radius 2 is 1.88 bits per heavy atom. The number of halogens is 3. The van der Waals surface area contributed by atoms with Gasteiger partial charge in [0, 0.05) is 11.1 Å². The zero-order chi connectivity index (χ0) is 19.2. The number of alkyl halides is 3. The van der Waals surface area contributed by atoms with Gasteiger partial charge in [-0.2, -0.15) is 13.2 Å². The van der Waals surface area contributed by atoms with Crippen LogP contribution in [0.15, 0.2) is 17.7 Å². The smallest absolute Gasteiger partial charge is 0.432 e. The molecule has 25 heavy (non-hydrogen) atoms. The molecule has 0 aromatic heterocycles. The fraction of sp³-hybridized carbons (Fsp3) is 0.500. The molecule has 1 aliphatic rings. The van der Waals surface area contributed by atoms with Gasteiger partial charge < -0.3 is 14.6 Å². The highest BCUT2D eigenvalue weighted by Gasteiger charge is 2.62. The Morgan fingerprint density at radius 1 is 1.28 bits per heavy atom. The molecule has 0 radical (unpaired) electrons. The Labute approximate surface area is 144 Å². The summed E-state index contributed by atoms with van der Waals surface area (Å²) >= 11 is 0. The Bertz CT molecular complexity index is 729. The van der Waals surface area contributed by atoms with Crippen molar-refractivity contribution in [2.45, 2.75) is 51.3 Å². The second-order valence-electron chi connectivity index (χ2n) is 6.98. The SMILES string of the molecule is CCC1(C(F)(F)F)Oc2cc(C(C)(C)C)c(OC)cc2C=C1C(=O)O. The number of aliphatic carboxylic acids is 1.